The van der Waals surface area contributed by atoms with Gasteiger partial charge < -0.3 is 25.7 Å². The zero-order valence-electron chi connectivity index (χ0n) is 19.3. The van der Waals surface area contributed by atoms with Gasteiger partial charge in [-0.25, -0.2) is 4.79 Å². The standard InChI is InChI=1S/C24H28Cl2N4O5/c1-35-24(34)19(9-13-3-2-6-27-21(13)31)30-22(32)17(7-12-4-5-12)29-23(33)18-10-14-8-15(25)11-16(26)20(14)28-18/h8,10-13,17,19,28H,2-7,9H2,1H3,(H,27,31)(H,29,33)(H,30,32)/t13-,17?,19?/m0/s1. The highest BCUT2D eigenvalue weighted by molar-refractivity contribution is 6.38. The van der Waals surface area contributed by atoms with Crippen molar-refractivity contribution in [2.75, 3.05) is 13.7 Å². The van der Waals surface area contributed by atoms with Crippen LogP contribution in [0.15, 0.2) is 18.2 Å². The first-order valence-electron chi connectivity index (χ1n) is 11.7. The Kier molecular flexibility index (Phi) is 7.86. The van der Waals surface area contributed by atoms with Gasteiger partial charge in [-0.1, -0.05) is 36.0 Å². The van der Waals surface area contributed by atoms with Crippen LogP contribution in [0, 0.1) is 11.8 Å². The molecule has 2 heterocycles. The van der Waals surface area contributed by atoms with Gasteiger partial charge in [-0.3, -0.25) is 14.4 Å². The average Bonchev–Trinajstić information content (AvgIpc) is 3.54. The van der Waals surface area contributed by atoms with Gasteiger partial charge in [-0.15, -0.1) is 0 Å². The summed E-state index contributed by atoms with van der Waals surface area (Å²) in [7, 11) is 1.24. The molecule has 2 unspecified atom stereocenters. The molecular weight excluding hydrogens is 495 g/mol. The summed E-state index contributed by atoms with van der Waals surface area (Å²) in [5.74, 6) is -1.81. The van der Waals surface area contributed by atoms with Gasteiger partial charge in [0.25, 0.3) is 5.91 Å². The Balaban J connectivity index is 1.48. The summed E-state index contributed by atoms with van der Waals surface area (Å²) in [5.41, 5.74) is 0.807. The van der Waals surface area contributed by atoms with Crippen LogP contribution >= 0.6 is 23.2 Å². The number of benzene rings is 1. The maximum Gasteiger partial charge on any atom is 0.328 e. The Labute approximate surface area is 212 Å². The summed E-state index contributed by atoms with van der Waals surface area (Å²) in [6, 6.07) is 3.04. The van der Waals surface area contributed by atoms with Gasteiger partial charge in [-0.05, 0) is 49.8 Å². The molecule has 3 atom stereocenters. The van der Waals surface area contributed by atoms with Crippen molar-refractivity contribution >= 4 is 57.8 Å². The fourth-order valence-electron chi connectivity index (χ4n) is 4.42. The third kappa shape index (κ3) is 6.27. The number of amides is 3. The summed E-state index contributed by atoms with van der Waals surface area (Å²) in [6.07, 6.45) is 3.96. The number of rotatable bonds is 9. The van der Waals surface area contributed by atoms with E-state index >= 15 is 0 Å². The minimum Gasteiger partial charge on any atom is -0.467 e. The number of halogens is 2. The van der Waals surface area contributed by atoms with Gasteiger partial charge in [0, 0.05) is 22.9 Å². The molecule has 11 heteroatoms. The smallest absolute Gasteiger partial charge is 0.328 e. The first kappa shape index (κ1) is 25.3. The monoisotopic (exact) mass is 522 g/mol. The van der Waals surface area contributed by atoms with Crippen molar-refractivity contribution in [2.45, 2.75) is 50.6 Å². The normalized spacial score (nSPS) is 19.5. The van der Waals surface area contributed by atoms with Crippen LogP contribution in [0.2, 0.25) is 10.0 Å². The van der Waals surface area contributed by atoms with E-state index in [0.717, 1.165) is 19.3 Å². The molecule has 4 N–H and O–H groups in total. The van der Waals surface area contributed by atoms with Crippen molar-refractivity contribution in [3.05, 3.63) is 33.9 Å². The predicted molar refractivity (Wildman–Crippen MR) is 131 cm³/mol. The number of H-pyrrole nitrogens is 1. The van der Waals surface area contributed by atoms with Crippen LogP contribution < -0.4 is 16.0 Å². The highest BCUT2D eigenvalue weighted by atomic mass is 35.5. The number of nitrogens with one attached hydrogen (secondary N) is 4. The number of hydrogen-bond donors (Lipinski definition) is 4. The van der Waals surface area contributed by atoms with Crippen molar-refractivity contribution < 1.29 is 23.9 Å². The topological polar surface area (TPSA) is 129 Å². The molecule has 1 aliphatic carbocycles. The molecule has 2 aliphatic rings. The van der Waals surface area contributed by atoms with E-state index in [4.69, 9.17) is 27.9 Å². The Hall–Kier alpha value is -2.78. The molecule has 3 amide bonds. The fraction of sp³-hybridized carbons (Fsp3) is 0.500. The number of carbonyl (C=O) groups excluding carboxylic acids is 4. The van der Waals surface area contributed by atoms with E-state index < -0.39 is 35.8 Å². The molecule has 0 bridgehead atoms. The second-order valence-corrected chi connectivity index (χ2v) is 10.0. The lowest BCUT2D eigenvalue weighted by Gasteiger charge is -2.27. The molecule has 35 heavy (non-hydrogen) atoms. The minimum atomic E-state index is -0.992. The Bertz CT molecular complexity index is 1150. The van der Waals surface area contributed by atoms with Crippen LogP contribution in [0.3, 0.4) is 0 Å². The van der Waals surface area contributed by atoms with Crippen molar-refractivity contribution in [1.82, 2.24) is 20.9 Å². The van der Waals surface area contributed by atoms with Crippen molar-refractivity contribution in [1.29, 1.82) is 0 Å². The Morgan fingerprint density at radius 2 is 1.86 bits per heavy atom. The number of hydrogen-bond acceptors (Lipinski definition) is 5. The third-order valence-electron chi connectivity index (χ3n) is 6.50. The highest BCUT2D eigenvalue weighted by Crippen LogP contribution is 2.34. The molecule has 1 aromatic heterocycles. The summed E-state index contributed by atoms with van der Waals surface area (Å²) in [5, 5.41) is 9.78. The van der Waals surface area contributed by atoms with E-state index in [9.17, 15) is 19.2 Å². The van der Waals surface area contributed by atoms with Crippen LogP contribution in [-0.4, -0.2) is 54.4 Å². The van der Waals surface area contributed by atoms with E-state index in [2.05, 4.69) is 20.9 Å². The van der Waals surface area contributed by atoms with Gasteiger partial charge >= 0.3 is 5.97 Å². The first-order valence-corrected chi connectivity index (χ1v) is 12.4. The molecule has 2 fully saturated rings. The van der Waals surface area contributed by atoms with E-state index in [1.807, 2.05) is 0 Å². The van der Waals surface area contributed by atoms with Crippen molar-refractivity contribution in [3.8, 4) is 0 Å². The first-order chi connectivity index (χ1) is 16.7. The molecule has 0 radical (unpaired) electrons. The van der Waals surface area contributed by atoms with E-state index in [0.29, 0.717) is 46.3 Å². The molecular formula is C24H28Cl2N4O5. The maximum atomic E-state index is 13.2. The van der Waals surface area contributed by atoms with Gasteiger partial charge in [0.2, 0.25) is 11.8 Å². The number of ether oxygens (including phenoxy) is 1. The molecule has 188 valence electrons. The predicted octanol–water partition coefficient (Wildman–Crippen LogP) is 2.95. The van der Waals surface area contributed by atoms with Gasteiger partial charge in [-0.2, -0.15) is 0 Å². The van der Waals surface area contributed by atoms with Gasteiger partial charge in [0.05, 0.1) is 17.6 Å². The summed E-state index contributed by atoms with van der Waals surface area (Å²) in [6.45, 7) is 0.602. The number of piperidine rings is 1. The molecule has 2 aromatic rings. The average molecular weight is 523 g/mol. The van der Waals surface area contributed by atoms with Crippen LogP contribution in [0.5, 0.6) is 0 Å². The number of aromatic nitrogens is 1. The Morgan fingerprint density at radius 3 is 2.54 bits per heavy atom. The summed E-state index contributed by atoms with van der Waals surface area (Å²) < 4.78 is 4.87. The number of methoxy groups -OCH3 is 1. The van der Waals surface area contributed by atoms with Crippen molar-refractivity contribution in [2.24, 2.45) is 11.8 Å². The molecule has 1 saturated heterocycles. The molecule has 0 spiro atoms. The lowest BCUT2D eigenvalue weighted by Crippen LogP contribution is -2.53. The Morgan fingerprint density at radius 1 is 1.09 bits per heavy atom. The molecule has 1 aliphatic heterocycles. The number of carbonyl (C=O) groups is 4. The van der Waals surface area contributed by atoms with Gasteiger partial charge in [0.1, 0.15) is 17.8 Å². The fourth-order valence-corrected chi connectivity index (χ4v) is 4.97. The molecule has 4 rings (SSSR count). The van der Waals surface area contributed by atoms with Gasteiger partial charge in [0.15, 0.2) is 0 Å². The van der Waals surface area contributed by atoms with Crippen LogP contribution in [-0.2, 0) is 19.1 Å². The van der Waals surface area contributed by atoms with Crippen molar-refractivity contribution in [3.63, 3.8) is 0 Å². The SMILES string of the molecule is COC(=O)C(C[C@@H]1CCCNC1=O)NC(=O)C(CC1CC1)NC(=O)c1cc2cc(Cl)cc(Cl)c2[nH]1. The number of esters is 1. The second-order valence-electron chi connectivity index (χ2n) is 9.19. The zero-order valence-corrected chi connectivity index (χ0v) is 20.8. The lowest BCUT2D eigenvalue weighted by molar-refractivity contribution is -0.146. The van der Waals surface area contributed by atoms with E-state index in [1.165, 1.54) is 7.11 Å². The maximum absolute atomic E-state index is 13.2. The molecule has 1 aromatic carbocycles. The zero-order chi connectivity index (χ0) is 25.1. The third-order valence-corrected chi connectivity index (χ3v) is 7.02. The number of fused-ring (bicyclic) bond motifs is 1. The summed E-state index contributed by atoms with van der Waals surface area (Å²) in [4.78, 5) is 53.8. The van der Waals surface area contributed by atoms with Crippen LogP contribution in [0.25, 0.3) is 10.9 Å². The summed E-state index contributed by atoms with van der Waals surface area (Å²) >= 11 is 12.3. The molecule has 9 nitrogen and oxygen atoms in total. The quantitative estimate of drug-likeness (QED) is 0.376. The second kappa shape index (κ2) is 10.9. The molecule has 1 saturated carbocycles. The van der Waals surface area contributed by atoms with Crippen LogP contribution in [0.4, 0.5) is 0 Å². The minimum absolute atomic E-state index is 0.135. The number of aromatic amines is 1. The lowest BCUT2D eigenvalue weighted by atomic mass is 9.91. The van der Waals surface area contributed by atoms with E-state index in [1.54, 1.807) is 18.2 Å². The van der Waals surface area contributed by atoms with Crippen LogP contribution in [0.1, 0.15) is 49.0 Å². The largest absolute Gasteiger partial charge is 0.467 e. The van der Waals surface area contributed by atoms with E-state index in [-0.39, 0.29) is 18.0 Å². The highest BCUT2D eigenvalue weighted by Gasteiger charge is 2.35.